The van der Waals surface area contributed by atoms with Crippen LogP contribution in [-0.2, 0) is 6.42 Å². The van der Waals surface area contributed by atoms with Crippen molar-refractivity contribution in [2.24, 2.45) is 17.8 Å². The zero-order chi connectivity index (χ0) is 14.7. The number of hydrogen-bond acceptors (Lipinski definition) is 3. The molecule has 1 aromatic rings. The lowest BCUT2D eigenvalue weighted by molar-refractivity contribution is 0.0559. The Morgan fingerprint density at radius 3 is 2.52 bits per heavy atom. The number of hydrogen-bond donors (Lipinski definition) is 3. The van der Waals surface area contributed by atoms with Gasteiger partial charge in [0.15, 0.2) is 11.5 Å². The third-order valence-electron chi connectivity index (χ3n) is 6.18. The SMILES string of the molecule is Oc1cc2c(c(O)c1F)[C@H]1CC[C@@H]3C(O)CC[C@H]3[C@@H]1CC2. The lowest BCUT2D eigenvalue weighted by Gasteiger charge is -2.44. The van der Waals surface area contributed by atoms with Gasteiger partial charge in [-0.2, -0.15) is 4.39 Å². The van der Waals surface area contributed by atoms with Crippen molar-refractivity contribution in [1.82, 2.24) is 0 Å². The Labute approximate surface area is 123 Å². The lowest BCUT2D eigenvalue weighted by Crippen LogP contribution is -2.36. The molecule has 0 spiro atoms. The van der Waals surface area contributed by atoms with Gasteiger partial charge in [-0.3, -0.25) is 0 Å². The largest absolute Gasteiger partial charge is 0.505 e. The van der Waals surface area contributed by atoms with Gasteiger partial charge in [0, 0.05) is 5.56 Å². The minimum atomic E-state index is -0.886. The first-order chi connectivity index (χ1) is 10.1. The summed E-state index contributed by atoms with van der Waals surface area (Å²) in [6.07, 6.45) is 5.38. The lowest BCUT2D eigenvalue weighted by atomic mass is 9.60. The highest BCUT2D eigenvalue weighted by Gasteiger charge is 2.48. The Morgan fingerprint density at radius 1 is 0.952 bits per heavy atom. The van der Waals surface area contributed by atoms with E-state index >= 15 is 0 Å². The van der Waals surface area contributed by atoms with Crippen LogP contribution in [0.25, 0.3) is 0 Å². The van der Waals surface area contributed by atoms with Crippen LogP contribution in [0.1, 0.15) is 49.1 Å². The quantitative estimate of drug-likeness (QED) is 0.688. The molecule has 2 saturated carbocycles. The van der Waals surface area contributed by atoms with Gasteiger partial charge in [-0.1, -0.05) is 0 Å². The van der Waals surface area contributed by atoms with Gasteiger partial charge >= 0.3 is 0 Å². The molecule has 4 heteroatoms. The molecule has 0 amide bonds. The molecule has 21 heavy (non-hydrogen) atoms. The molecule has 3 nitrogen and oxygen atoms in total. The molecule has 0 aromatic heterocycles. The number of benzene rings is 1. The molecule has 1 aromatic carbocycles. The molecule has 3 aliphatic rings. The van der Waals surface area contributed by atoms with Crippen molar-refractivity contribution in [1.29, 1.82) is 0 Å². The topological polar surface area (TPSA) is 60.7 Å². The Hall–Kier alpha value is -1.29. The zero-order valence-electron chi connectivity index (χ0n) is 11.9. The molecule has 5 atom stereocenters. The monoisotopic (exact) mass is 292 g/mol. The average Bonchev–Trinajstić information content (AvgIpc) is 2.86. The molecule has 2 fully saturated rings. The highest BCUT2D eigenvalue weighted by molar-refractivity contribution is 5.50. The van der Waals surface area contributed by atoms with Crippen LogP contribution in [0.3, 0.4) is 0 Å². The standard InChI is InChI=1S/C17H21FO3/c18-16-14(20)7-8-1-2-10-9-5-6-13(19)11(9)3-4-12(10)15(8)17(16)21/h7,9-13,19-21H,1-6H2/t9-,10-,11-,12-,13?/m0/s1. The summed E-state index contributed by atoms with van der Waals surface area (Å²) in [6.45, 7) is 0. The molecule has 4 rings (SSSR count). The van der Waals surface area contributed by atoms with E-state index in [1.807, 2.05) is 0 Å². The summed E-state index contributed by atoms with van der Waals surface area (Å²) in [5.41, 5.74) is 1.62. The fourth-order valence-corrected chi connectivity index (χ4v) is 5.31. The van der Waals surface area contributed by atoms with Gasteiger partial charge < -0.3 is 15.3 Å². The maximum absolute atomic E-state index is 13.9. The van der Waals surface area contributed by atoms with Gasteiger partial charge in [0.05, 0.1) is 6.10 Å². The highest BCUT2D eigenvalue weighted by Crippen LogP contribution is 2.57. The first-order valence-corrected chi connectivity index (χ1v) is 7.99. The highest BCUT2D eigenvalue weighted by atomic mass is 19.1. The van der Waals surface area contributed by atoms with E-state index in [9.17, 15) is 19.7 Å². The smallest absolute Gasteiger partial charge is 0.206 e. The summed E-state index contributed by atoms with van der Waals surface area (Å²) in [5.74, 6) is -0.187. The van der Waals surface area contributed by atoms with Crippen molar-refractivity contribution >= 4 is 0 Å². The number of phenols is 2. The van der Waals surface area contributed by atoms with Crippen molar-refractivity contribution in [3.8, 4) is 11.5 Å². The predicted octanol–water partition coefficient (Wildman–Crippen LogP) is 3.06. The molecule has 0 heterocycles. The van der Waals surface area contributed by atoms with Crippen molar-refractivity contribution in [3.63, 3.8) is 0 Å². The summed E-state index contributed by atoms with van der Waals surface area (Å²) < 4.78 is 13.9. The molecular weight excluding hydrogens is 271 g/mol. The zero-order valence-corrected chi connectivity index (χ0v) is 11.9. The molecule has 0 radical (unpaired) electrons. The van der Waals surface area contributed by atoms with E-state index < -0.39 is 11.6 Å². The van der Waals surface area contributed by atoms with Gasteiger partial charge in [-0.25, -0.2) is 0 Å². The third kappa shape index (κ3) is 1.81. The second kappa shape index (κ2) is 4.60. The van der Waals surface area contributed by atoms with Gasteiger partial charge in [-0.15, -0.1) is 0 Å². The fourth-order valence-electron chi connectivity index (χ4n) is 5.31. The minimum Gasteiger partial charge on any atom is -0.505 e. The van der Waals surface area contributed by atoms with Crippen molar-refractivity contribution < 1.29 is 19.7 Å². The van der Waals surface area contributed by atoms with Crippen LogP contribution in [0.2, 0.25) is 0 Å². The summed E-state index contributed by atoms with van der Waals surface area (Å²) in [6, 6.07) is 1.48. The Kier molecular flexibility index (Phi) is 2.93. The van der Waals surface area contributed by atoms with Crippen molar-refractivity contribution in [2.75, 3.05) is 0 Å². The molecule has 0 aliphatic heterocycles. The summed E-state index contributed by atoms with van der Waals surface area (Å²) in [5, 5.41) is 29.8. The van der Waals surface area contributed by atoms with Gasteiger partial charge in [0.25, 0.3) is 0 Å². The van der Waals surface area contributed by atoms with Crippen LogP contribution in [0, 0.1) is 23.6 Å². The average molecular weight is 292 g/mol. The number of aliphatic hydroxyl groups excluding tert-OH is 1. The molecule has 114 valence electrons. The first-order valence-electron chi connectivity index (χ1n) is 7.99. The third-order valence-corrected chi connectivity index (χ3v) is 6.18. The number of halogens is 1. The van der Waals surface area contributed by atoms with Gasteiger partial charge in [-0.05, 0) is 73.8 Å². The Balaban J connectivity index is 1.76. The Bertz CT molecular complexity index is 586. The van der Waals surface area contributed by atoms with E-state index in [1.165, 1.54) is 6.07 Å². The minimum absolute atomic E-state index is 0.176. The maximum Gasteiger partial charge on any atom is 0.206 e. The van der Waals surface area contributed by atoms with Crippen LogP contribution < -0.4 is 0 Å². The molecule has 0 bridgehead atoms. The second-order valence-electron chi connectivity index (χ2n) is 6.99. The summed E-state index contributed by atoms with van der Waals surface area (Å²) in [7, 11) is 0. The number of aromatic hydroxyl groups is 2. The van der Waals surface area contributed by atoms with E-state index in [4.69, 9.17) is 0 Å². The van der Waals surface area contributed by atoms with E-state index in [-0.39, 0.29) is 17.8 Å². The molecule has 0 saturated heterocycles. The van der Waals surface area contributed by atoms with Gasteiger partial charge in [0.1, 0.15) is 0 Å². The number of fused-ring (bicyclic) bond motifs is 5. The predicted molar refractivity (Wildman–Crippen MR) is 75.7 cm³/mol. The van der Waals surface area contributed by atoms with Gasteiger partial charge in [0.2, 0.25) is 5.82 Å². The van der Waals surface area contributed by atoms with E-state index in [1.54, 1.807) is 0 Å². The van der Waals surface area contributed by atoms with Crippen LogP contribution in [0.5, 0.6) is 11.5 Å². The van der Waals surface area contributed by atoms with Crippen LogP contribution >= 0.6 is 0 Å². The maximum atomic E-state index is 13.9. The molecular formula is C17H21FO3. The first kappa shape index (κ1) is 13.4. The molecule has 3 aliphatic carbocycles. The van der Waals surface area contributed by atoms with Crippen LogP contribution in [0.15, 0.2) is 6.07 Å². The fraction of sp³-hybridized carbons (Fsp3) is 0.647. The summed E-state index contributed by atoms with van der Waals surface area (Å²) in [4.78, 5) is 0. The van der Waals surface area contributed by atoms with E-state index in [0.717, 1.165) is 49.7 Å². The van der Waals surface area contributed by atoms with Crippen LogP contribution in [-0.4, -0.2) is 21.4 Å². The van der Waals surface area contributed by atoms with E-state index in [0.29, 0.717) is 17.8 Å². The number of phenolic OH excluding ortho intramolecular Hbond substituents is 2. The van der Waals surface area contributed by atoms with Crippen molar-refractivity contribution in [3.05, 3.63) is 23.0 Å². The molecule has 3 N–H and O–H groups in total. The van der Waals surface area contributed by atoms with Crippen LogP contribution in [0.4, 0.5) is 4.39 Å². The number of rotatable bonds is 0. The Morgan fingerprint density at radius 2 is 1.71 bits per heavy atom. The second-order valence-corrected chi connectivity index (χ2v) is 6.99. The van der Waals surface area contributed by atoms with E-state index in [2.05, 4.69) is 0 Å². The molecule has 1 unspecified atom stereocenters. The van der Waals surface area contributed by atoms with Crippen molar-refractivity contribution in [2.45, 2.75) is 50.5 Å². The number of aryl methyl sites for hydroxylation is 1. The summed E-state index contributed by atoms with van der Waals surface area (Å²) >= 11 is 0. The number of aliphatic hydroxyl groups is 1. The normalized spacial score (nSPS) is 37.7.